The van der Waals surface area contributed by atoms with Crippen molar-refractivity contribution < 1.29 is 4.74 Å². The second-order valence-electron chi connectivity index (χ2n) is 4.22. The summed E-state index contributed by atoms with van der Waals surface area (Å²) in [6, 6.07) is 8.40. The Morgan fingerprint density at radius 1 is 1.24 bits per heavy atom. The normalized spacial score (nSPS) is 11.2. The van der Waals surface area contributed by atoms with Gasteiger partial charge in [0, 0.05) is 30.1 Å². The summed E-state index contributed by atoms with van der Waals surface area (Å²) in [6.07, 6.45) is 0. The Bertz CT molecular complexity index is 314. The third-order valence-electron chi connectivity index (χ3n) is 2.61. The van der Waals surface area contributed by atoms with Crippen molar-refractivity contribution in [3.8, 4) is 5.75 Å². The topological polar surface area (TPSA) is 38.5 Å². The third kappa shape index (κ3) is 5.52. The van der Waals surface area contributed by atoms with E-state index in [1.165, 1.54) is 0 Å². The van der Waals surface area contributed by atoms with E-state index in [4.69, 9.17) is 10.5 Å². The summed E-state index contributed by atoms with van der Waals surface area (Å²) in [5.74, 6) is 0.907. The van der Waals surface area contributed by atoms with Gasteiger partial charge in [0.25, 0.3) is 0 Å². The van der Waals surface area contributed by atoms with Gasteiger partial charge in [-0.2, -0.15) is 0 Å². The third-order valence-corrected chi connectivity index (χ3v) is 3.14. The molecule has 2 N–H and O–H groups in total. The highest BCUT2D eigenvalue weighted by atomic mass is 79.9. The Hall–Kier alpha value is -0.580. The van der Waals surface area contributed by atoms with Crippen molar-refractivity contribution in [1.29, 1.82) is 0 Å². The smallest absolute Gasteiger partial charge is 0.119 e. The monoisotopic (exact) mass is 300 g/mol. The van der Waals surface area contributed by atoms with E-state index in [1.807, 2.05) is 24.3 Å². The molecular formula is C13H21BrN2O. The van der Waals surface area contributed by atoms with E-state index in [9.17, 15) is 0 Å². The fourth-order valence-electron chi connectivity index (χ4n) is 1.61. The van der Waals surface area contributed by atoms with E-state index in [0.29, 0.717) is 19.2 Å². The molecule has 96 valence electrons. The quantitative estimate of drug-likeness (QED) is 0.841. The van der Waals surface area contributed by atoms with E-state index in [0.717, 1.165) is 23.3 Å². The van der Waals surface area contributed by atoms with Gasteiger partial charge in [-0.15, -0.1) is 0 Å². The van der Waals surface area contributed by atoms with Gasteiger partial charge in [0.2, 0.25) is 0 Å². The molecule has 0 atom stereocenters. The molecule has 0 radical (unpaired) electrons. The number of hydrogen-bond donors (Lipinski definition) is 1. The van der Waals surface area contributed by atoms with Gasteiger partial charge >= 0.3 is 0 Å². The van der Waals surface area contributed by atoms with Gasteiger partial charge in [0.15, 0.2) is 0 Å². The highest BCUT2D eigenvalue weighted by Gasteiger charge is 2.07. The van der Waals surface area contributed by atoms with Crippen LogP contribution in [0.5, 0.6) is 5.75 Å². The van der Waals surface area contributed by atoms with Crippen molar-refractivity contribution in [2.24, 2.45) is 5.73 Å². The van der Waals surface area contributed by atoms with Crippen molar-refractivity contribution in [2.75, 3.05) is 26.2 Å². The van der Waals surface area contributed by atoms with Crippen LogP contribution in [0, 0.1) is 0 Å². The lowest BCUT2D eigenvalue weighted by molar-refractivity contribution is 0.180. The fourth-order valence-corrected chi connectivity index (χ4v) is 1.87. The average Bonchev–Trinajstić information content (AvgIpc) is 2.30. The van der Waals surface area contributed by atoms with Crippen LogP contribution in [0.3, 0.4) is 0 Å². The Kier molecular flexibility index (Phi) is 6.55. The maximum absolute atomic E-state index is 5.68. The van der Waals surface area contributed by atoms with Crippen molar-refractivity contribution in [1.82, 2.24) is 4.90 Å². The maximum Gasteiger partial charge on any atom is 0.119 e. The minimum Gasteiger partial charge on any atom is -0.492 e. The number of rotatable bonds is 7. The minimum atomic E-state index is 0.507. The van der Waals surface area contributed by atoms with Crippen molar-refractivity contribution in [3.05, 3.63) is 28.7 Å². The van der Waals surface area contributed by atoms with E-state index in [2.05, 4.69) is 34.7 Å². The van der Waals surface area contributed by atoms with Gasteiger partial charge in [-0.25, -0.2) is 0 Å². The van der Waals surface area contributed by atoms with E-state index in [-0.39, 0.29) is 0 Å². The summed E-state index contributed by atoms with van der Waals surface area (Å²) in [7, 11) is 0. The number of hydrogen-bond acceptors (Lipinski definition) is 3. The molecule has 0 fully saturated rings. The second kappa shape index (κ2) is 7.69. The summed E-state index contributed by atoms with van der Waals surface area (Å²) in [5.41, 5.74) is 5.58. The molecule has 0 aliphatic carbocycles. The van der Waals surface area contributed by atoms with E-state index < -0.39 is 0 Å². The zero-order valence-corrected chi connectivity index (χ0v) is 12.1. The number of nitrogens with two attached hydrogens (primary N) is 1. The van der Waals surface area contributed by atoms with Crippen LogP contribution in [0.2, 0.25) is 0 Å². The average molecular weight is 301 g/mol. The van der Waals surface area contributed by atoms with Crippen LogP contribution >= 0.6 is 15.9 Å². The predicted molar refractivity (Wildman–Crippen MR) is 75.4 cm³/mol. The number of nitrogens with zero attached hydrogens (tertiary/aromatic N) is 1. The first kappa shape index (κ1) is 14.5. The van der Waals surface area contributed by atoms with Crippen molar-refractivity contribution in [3.63, 3.8) is 0 Å². The van der Waals surface area contributed by atoms with Gasteiger partial charge in [0.05, 0.1) is 0 Å². The van der Waals surface area contributed by atoms with E-state index in [1.54, 1.807) is 0 Å². The molecule has 0 spiro atoms. The van der Waals surface area contributed by atoms with Gasteiger partial charge in [-0.3, -0.25) is 4.90 Å². The van der Waals surface area contributed by atoms with Crippen LogP contribution in [0.1, 0.15) is 13.8 Å². The Labute approximate surface area is 112 Å². The van der Waals surface area contributed by atoms with Crippen molar-refractivity contribution in [2.45, 2.75) is 19.9 Å². The lowest BCUT2D eigenvalue weighted by Gasteiger charge is -2.25. The molecule has 0 bridgehead atoms. The molecular weight excluding hydrogens is 280 g/mol. The van der Waals surface area contributed by atoms with Crippen molar-refractivity contribution >= 4 is 15.9 Å². The van der Waals surface area contributed by atoms with Crippen LogP contribution in [0.4, 0.5) is 0 Å². The van der Waals surface area contributed by atoms with E-state index >= 15 is 0 Å². The molecule has 0 unspecified atom stereocenters. The summed E-state index contributed by atoms with van der Waals surface area (Å²) < 4.78 is 6.75. The molecule has 3 nitrogen and oxygen atoms in total. The number of halogens is 1. The lowest BCUT2D eigenvalue weighted by atomic mass is 10.3. The highest BCUT2D eigenvalue weighted by Crippen LogP contribution is 2.15. The maximum atomic E-state index is 5.68. The molecule has 0 aromatic heterocycles. The lowest BCUT2D eigenvalue weighted by Crippen LogP contribution is -2.38. The first-order valence-electron chi connectivity index (χ1n) is 5.96. The van der Waals surface area contributed by atoms with Gasteiger partial charge in [0.1, 0.15) is 12.4 Å². The Morgan fingerprint density at radius 2 is 1.88 bits per heavy atom. The molecule has 0 aliphatic heterocycles. The Morgan fingerprint density at radius 3 is 2.41 bits per heavy atom. The molecule has 0 saturated carbocycles. The van der Waals surface area contributed by atoms with Crippen LogP contribution in [-0.2, 0) is 0 Å². The fraction of sp³-hybridized carbons (Fsp3) is 0.538. The molecule has 0 saturated heterocycles. The number of benzene rings is 1. The molecule has 17 heavy (non-hydrogen) atoms. The summed E-state index contributed by atoms with van der Waals surface area (Å²) in [4.78, 5) is 2.32. The molecule has 0 heterocycles. The summed E-state index contributed by atoms with van der Waals surface area (Å²) >= 11 is 3.40. The van der Waals surface area contributed by atoms with Gasteiger partial charge in [-0.1, -0.05) is 15.9 Å². The summed E-state index contributed by atoms with van der Waals surface area (Å²) in [6.45, 7) is 7.56. The summed E-state index contributed by atoms with van der Waals surface area (Å²) in [5, 5.41) is 0. The number of ether oxygens (including phenoxy) is 1. The zero-order chi connectivity index (χ0) is 12.7. The molecule has 0 aliphatic rings. The first-order chi connectivity index (χ1) is 8.13. The van der Waals surface area contributed by atoms with Crippen LogP contribution < -0.4 is 10.5 Å². The Balaban J connectivity index is 2.33. The standard InChI is InChI=1S/C13H21BrN2O/c1-11(2)16(8-7-15)9-10-17-13-5-3-12(14)4-6-13/h3-6,11H,7-10,15H2,1-2H3. The molecule has 1 rings (SSSR count). The molecule has 1 aromatic carbocycles. The minimum absolute atomic E-state index is 0.507. The zero-order valence-electron chi connectivity index (χ0n) is 10.5. The second-order valence-corrected chi connectivity index (χ2v) is 5.14. The largest absolute Gasteiger partial charge is 0.492 e. The first-order valence-corrected chi connectivity index (χ1v) is 6.75. The van der Waals surface area contributed by atoms with Crippen LogP contribution in [0.15, 0.2) is 28.7 Å². The predicted octanol–water partition coefficient (Wildman–Crippen LogP) is 2.50. The SMILES string of the molecule is CC(C)N(CCN)CCOc1ccc(Br)cc1. The van der Waals surface area contributed by atoms with Gasteiger partial charge < -0.3 is 10.5 Å². The highest BCUT2D eigenvalue weighted by molar-refractivity contribution is 9.10. The molecule has 4 heteroatoms. The van der Waals surface area contributed by atoms with Crippen LogP contribution in [0.25, 0.3) is 0 Å². The molecule has 0 amide bonds. The molecule has 1 aromatic rings. The van der Waals surface area contributed by atoms with Crippen LogP contribution in [-0.4, -0.2) is 37.2 Å². The van der Waals surface area contributed by atoms with Gasteiger partial charge in [-0.05, 0) is 38.1 Å².